The fraction of sp³-hybridized carbons (Fsp3) is 0.150. The normalized spacial score (nSPS) is 11.0. The van der Waals surface area contributed by atoms with Crippen LogP contribution in [0.3, 0.4) is 0 Å². The van der Waals surface area contributed by atoms with Gasteiger partial charge in [-0.25, -0.2) is 14.0 Å². The predicted octanol–water partition coefficient (Wildman–Crippen LogP) is 3.37. The summed E-state index contributed by atoms with van der Waals surface area (Å²) < 4.78 is 33.9. The lowest BCUT2D eigenvalue weighted by atomic mass is 10.2. The summed E-state index contributed by atoms with van der Waals surface area (Å²) in [7, 11) is 4.58. The number of nitrogens with one attached hydrogen (secondary N) is 2. The average Bonchev–Trinajstić information content (AvgIpc) is 3.27. The van der Waals surface area contributed by atoms with Crippen LogP contribution in [-0.4, -0.2) is 47.8 Å². The molecule has 2 heterocycles. The first-order chi connectivity index (χ1) is 15.6. The van der Waals surface area contributed by atoms with Crippen LogP contribution in [0.4, 0.5) is 21.7 Å². The highest BCUT2D eigenvalue weighted by molar-refractivity contribution is 5.84. The number of fused-ring (bicyclic) bond motifs is 1. The summed E-state index contributed by atoms with van der Waals surface area (Å²) in [6.07, 6.45) is 1.54. The summed E-state index contributed by atoms with van der Waals surface area (Å²) in [4.78, 5) is 8.64. The van der Waals surface area contributed by atoms with Crippen LogP contribution in [0.2, 0.25) is 0 Å². The van der Waals surface area contributed by atoms with Crippen molar-refractivity contribution < 1.29 is 23.2 Å². The molecule has 164 valence electrons. The van der Waals surface area contributed by atoms with Crippen LogP contribution in [0.1, 0.15) is 5.56 Å². The number of nitrogens with zero attached hydrogens (tertiary/aromatic N) is 5. The van der Waals surface area contributed by atoms with Crippen LogP contribution in [0, 0.1) is 5.82 Å². The molecule has 32 heavy (non-hydrogen) atoms. The minimum absolute atomic E-state index is 0.195. The second-order valence-electron chi connectivity index (χ2n) is 6.29. The average molecular weight is 439 g/mol. The van der Waals surface area contributed by atoms with Crippen LogP contribution < -0.4 is 25.0 Å². The number of hydrogen-bond acceptors (Lipinski definition) is 11. The molecule has 0 aliphatic heterocycles. The van der Waals surface area contributed by atoms with E-state index < -0.39 is 0 Å². The molecule has 0 saturated carbocycles. The van der Waals surface area contributed by atoms with Gasteiger partial charge in [-0.2, -0.15) is 10.1 Å². The van der Waals surface area contributed by atoms with E-state index in [-0.39, 0.29) is 22.9 Å². The minimum Gasteiger partial charge on any atom is -0.493 e. The Kier molecular flexibility index (Phi) is 5.92. The molecule has 11 nitrogen and oxygen atoms in total. The molecule has 0 aliphatic carbocycles. The largest absolute Gasteiger partial charge is 0.493 e. The third-order valence-corrected chi connectivity index (χ3v) is 4.29. The Bertz CT molecular complexity index is 1240. The fourth-order valence-corrected chi connectivity index (χ4v) is 2.82. The molecular weight excluding hydrogens is 421 g/mol. The number of aromatic nitrogens is 4. The van der Waals surface area contributed by atoms with E-state index in [1.54, 1.807) is 30.5 Å². The van der Waals surface area contributed by atoms with Crippen molar-refractivity contribution in [2.45, 2.75) is 0 Å². The summed E-state index contributed by atoms with van der Waals surface area (Å²) in [6, 6.07) is 9.24. The molecule has 2 N–H and O–H groups in total. The smallest absolute Gasteiger partial charge is 0.245 e. The van der Waals surface area contributed by atoms with E-state index in [4.69, 9.17) is 14.2 Å². The topological polar surface area (TPSA) is 129 Å². The highest BCUT2D eigenvalue weighted by atomic mass is 19.1. The first kappa shape index (κ1) is 20.8. The van der Waals surface area contributed by atoms with Gasteiger partial charge in [0.1, 0.15) is 5.82 Å². The quantitative estimate of drug-likeness (QED) is 0.311. The maximum absolute atomic E-state index is 13.2. The van der Waals surface area contributed by atoms with E-state index >= 15 is 0 Å². The van der Waals surface area contributed by atoms with E-state index in [2.05, 4.69) is 40.8 Å². The SMILES string of the molecule is COc1cc(/C=N/Nc2nc3nonc3nc2Nc2ccc(F)cc2)cc(OC)c1OC. The van der Waals surface area contributed by atoms with Gasteiger partial charge >= 0.3 is 0 Å². The number of hydrazone groups is 1. The van der Waals surface area contributed by atoms with Crippen molar-refractivity contribution in [3.05, 3.63) is 47.8 Å². The van der Waals surface area contributed by atoms with Crippen molar-refractivity contribution in [3.8, 4) is 17.2 Å². The molecule has 2 aromatic carbocycles. The third-order valence-electron chi connectivity index (χ3n) is 4.29. The van der Waals surface area contributed by atoms with Gasteiger partial charge in [-0.1, -0.05) is 0 Å². The van der Waals surface area contributed by atoms with Gasteiger partial charge in [0, 0.05) is 11.3 Å². The van der Waals surface area contributed by atoms with Gasteiger partial charge in [0.25, 0.3) is 0 Å². The van der Waals surface area contributed by atoms with Crippen LogP contribution in [0.5, 0.6) is 17.2 Å². The van der Waals surface area contributed by atoms with Crippen LogP contribution >= 0.6 is 0 Å². The zero-order valence-electron chi connectivity index (χ0n) is 17.3. The van der Waals surface area contributed by atoms with E-state index in [9.17, 15) is 4.39 Å². The Balaban J connectivity index is 1.62. The molecule has 0 saturated heterocycles. The molecule has 0 bridgehead atoms. The highest BCUT2D eigenvalue weighted by Gasteiger charge is 2.14. The Morgan fingerprint density at radius 1 is 0.906 bits per heavy atom. The number of hydrogen-bond donors (Lipinski definition) is 2. The monoisotopic (exact) mass is 439 g/mol. The van der Waals surface area contributed by atoms with Gasteiger partial charge in [-0.3, -0.25) is 5.43 Å². The fourth-order valence-electron chi connectivity index (χ4n) is 2.82. The Hall–Kier alpha value is -4.48. The van der Waals surface area contributed by atoms with Crippen molar-refractivity contribution in [1.82, 2.24) is 20.3 Å². The maximum atomic E-state index is 13.2. The Morgan fingerprint density at radius 3 is 2.12 bits per heavy atom. The lowest BCUT2D eigenvalue weighted by molar-refractivity contribution is 0.314. The number of anilines is 3. The van der Waals surface area contributed by atoms with Crippen molar-refractivity contribution in [2.24, 2.45) is 5.10 Å². The molecule has 0 amide bonds. The highest BCUT2D eigenvalue weighted by Crippen LogP contribution is 2.37. The molecule has 2 aromatic heterocycles. The van der Waals surface area contributed by atoms with Crippen molar-refractivity contribution in [3.63, 3.8) is 0 Å². The molecular formula is C20H18FN7O4. The lowest BCUT2D eigenvalue weighted by Gasteiger charge is -2.12. The van der Waals surface area contributed by atoms with Crippen LogP contribution in [-0.2, 0) is 0 Å². The number of methoxy groups -OCH3 is 3. The second-order valence-corrected chi connectivity index (χ2v) is 6.29. The van der Waals surface area contributed by atoms with E-state index in [0.717, 1.165) is 0 Å². The van der Waals surface area contributed by atoms with Gasteiger partial charge in [-0.15, -0.1) is 0 Å². The predicted molar refractivity (Wildman–Crippen MR) is 114 cm³/mol. The van der Waals surface area contributed by atoms with Crippen LogP contribution in [0.25, 0.3) is 11.3 Å². The molecule has 12 heteroatoms. The third kappa shape index (κ3) is 4.33. The zero-order valence-corrected chi connectivity index (χ0v) is 17.3. The van der Waals surface area contributed by atoms with Gasteiger partial charge in [0.05, 0.1) is 27.5 Å². The minimum atomic E-state index is -0.355. The van der Waals surface area contributed by atoms with Crippen molar-refractivity contribution >= 4 is 34.8 Å². The maximum Gasteiger partial charge on any atom is 0.245 e. The first-order valence-electron chi connectivity index (χ1n) is 9.23. The summed E-state index contributed by atoms with van der Waals surface area (Å²) in [5, 5.41) is 14.6. The van der Waals surface area contributed by atoms with Gasteiger partial charge in [0.2, 0.25) is 17.0 Å². The van der Waals surface area contributed by atoms with Gasteiger partial charge < -0.3 is 19.5 Å². The Morgan fingerprint density at radius 2 is 1.53 bits per heavy atom. The summed E-state index contributed by atoms with van der Waals surface area (Å²) in [5.41, 5.74) is 4.48. The molecule has 4 rings (SSSR count). The second kappa shape index (κ2) is 9.12. The molecule has 4 aromatic rings. The van der Waals surface area contributed by atoms with E-state index in [1.165, 1.54) is 33.5 Å². The summed E-state index contributed by atoms with van der Waals surface area (Å²) in [6.45, 7) is 0. The molecule has 0 radical (unpaired) electrons. The summed E-state index contributed by atoms with van der Waals surface area (Å²) in [5.74, 6) is 1.64. The van der Waals surface area contributed by atoms with Gasteiger partial charge in [0.15, 0.2) is 23.1 Å². The summed E-state index contributed by atoms with van der Waals surface area (Å²) >= 11 is 0. The van der Waals surface area contributed by atoms with Crippen molar-refractivity contribution in [2.75, 3.05) is 32.1 Å². The van der Waals surface area contributed by atoms with Gasteiger partial charge in [-0.05, 0) is 46.7 Å². The Labute approximate surface area is 181 Å². The molecule has 0 aliphatic rings. The molecule has 0 unspecified atom stereocenters. The lowest BCUT2D eigenvalue weighted by Crippen LogP contribution is -2.03. The van der Waals surface area contributed by atoms with Crippen LogP contribution in [0.15, 0.2) is 46.1 Å². The first-order valence-corrected chi connectivity index (χ1v) is 9.23. The van der Waals surface area contributed by atoms with E-state index in [0.29, 0.717) is 34.3 Å². The number of benzene rings is 2. The molecule has 0 spiro atoms. The number of ether oxygens (including phenoxy) is 3. The zero-order chi connectivity index (χ0) is 22.5. The van der Waals surface area contributed by atoms with Crippen molar-refractivity contribution in [1.29, 1.82) is 0 Å². The number of rotatable bonds is 8. The van der Waals surface area contributed by atoms with E-state index in [1.807, 2.05) is 0 Å². The number of halogens is 1. The molecule has 0 fully saturated rings. The standard InChI is InChI=1S/C20H18FN7O4/c1-29-14-8-11(9-15(30-2)16(14)31-3)10-22-26-18-17(23-13-6-4-12(21)5-7-13)24-19-20(25-18)28-32-27-19/h4-10H,1-3H3,(H,23,24,27)(H,25,26,28)/b22-10+. The molecule has 0 atom stereocenters.